The SMILES string of the molecule is CCn1nc(C)cc1CC(NC)c1cnccn1. The minimum absolute atomic E-state index is 0.167. The van der Waals surface area contributed by atoms with E-state index in [1.807, 2.05) is 18.7 Å². The van der Waals surface area contributed by atoms with Gasteiger partial charge in [0.15, 0.2) is 0 Å². The summed E-state index contributed by atoms with van der Waals surface area (Å²) < 4.78 is 2.04. The first-order chi connectivity index (χ1) is 8.74. The molecule has 2 aromatic heterocycles. The molecule has 0 saturated heterocycles. The summed E-state index contributed by atoms with van der Waals surface area (Å²) >= 11 is 0. The molecule has 0 aromatic carbocycles. The number of nitrogens with zero attached hydrogens (tertiary/aromatic N) is 4. The number of aryl methyl sites for hydroxylation is 2. The minimum atomic E-state index is 0.167. The van der Waals surface area contributed by atoms with Gasteiger partial charge in [-0.25, -0.2) is 0 Å². The Morgan fingerprint density at radius 3 is 2.83 bits per heavy atom. The normalized spacial score (nSPS) is 12.6. The van der Waals surface area contributed by atoms with E-state index < -0.39 is 0 Å². The fourth-order valence-corrected chi connectivity index (χ4v) is 2.09. The lowest BCUT2D eigenvalue weighted by atomic mass is 10.1. The predicted molar refractivity (Wildman–Crippen MR) is 70.2 cm³/mol. The quantitative estimate of drug-likeness (QED) is 0.867. The number of rotatable bonds is 5. The van der Waals surface area contributed by atoms with Gasteiger partial charge in [0.1, 0.15) is 0 Å². The molecule has 5 heteroatoms. The van der Waals surface area contributed by atoms with Gasteiger partial charge in [-0.2, -0.15) is 5.10 Å². The van der Waals surface area contributed by atoms with Gasteiger partial charge in [-0.3, -0.25) is 14.6 Å². The first-order valence-electron chi connectivity index (χ1n) is 6.21. The van der Waals surface area contributed by atoms with Gasteiger partial charge >= 0.3 is 0 Å². The van der Waals surface area contributed by atoms with Crippen LogP contribution in [0, 0.1) is 6.92 Å². The molecule has 18 heavy (non-hydrogen) atoms. The van der Waals surface area contributed by atoms with Crippen molar-refractivity contribution in [2.24, 2.45) is 0 Å². The molecule has 1 atom stereocenters. The van der Waals surface area contributed by atoms with Crippen LogP contribution in [0.2, 0.25) is 0 Å². The van der Waals surface area contributed by atoms with Crippen molar-refractivity contribution in [2.75, 3.05) is 7.05 Å². The highest BCUT2D eigenvalue weighted by Gasteiger charge is 2.14. The zero-order chi connectivity index (χ0) is 13.0. The summed E-state index contributed by atoms with van der Waals surface area (Å²) in [4.78, 5) is 8.47. The third-order valence-electron chi connectivity index (χ3n) is 2.99. The van der Waals surface area contributed by atoms with Gasteiger partial charge in [0.25, 0.3) is 0 Å². The number of nitrogens with one attached hydrogen (secondary N) is 1. The maximum Gasteiger partial charge on any atom is 0.0759 e. The van der Waals surface area contributed by atoms with E-state index in [0.717, 1.165) is 24.4 Å². The van der Waals surface area contributed by atoms with Gasteiger partial charge in [-0.15, -0.1) is 0 Å². The summed E-state index contributed by atoms with van der Waals surface area (Å²) in [7, 11) is 1.94. The Kier molecular flexibility index (Phi) is 4.04. The summed E-state index contributed by atoms with van der Waals surface area (Å²) in [5.41, 5.74) is 3.24. The van der Waals surface area contributed by atoms with Crippen molar-refractivity contribution in [3.63, 3.8) is 0 Å². The first kappa shape index (κ1) is 12.7. The summed E-state index contributed by atoms with van der Waals surface area (Å²) in [6.07, 6.45) is 6.09. The van der Waals surface area contributed by atoms with Gasteiger partial charge in [0.2, 0.25) is 0 Å². The molecule has 2 rings (SSSR count). The lowest BCUT2D eigenvalue weighted by Crippen LogP contribution is -2.21. The second kappa shape index (κ2) is 5.73. The molecule has 1 N–H and O–H groups in total. The molecule has 0 aliphatic carbocycles. The summed E-state index contributed by atoms with van der Waals surface area (Å²) in [6.45, 7) is 5.01. The van der Waals surface area contributed by atoms with Crippen molar-refractivity contribution in [2.45, 2.75) is 32.9 Å². The van der Waals surface area contributed by atoms with Crippen LogP contribution in [0.15, 0.2) is 24.7 Å². The van der Waals surface area contributed by atoms with Crippen molar-refractivity contribution in [1.82, 2.24) is 25.1 Å². The largest absolute Gasteiger partial charge is 0.311 e. The van der Waals surface area contributed by atoms with Crippen molar-refractivity contribution < 1.29 is 0 Å². The molecule has 5 nitrogen and oxygen atoms in total. The molecular weight excluding hydrogens is 226 g/mol. The van der Waals surface area contributed by atoms with E-state index in [4.69, 9.17) is 0 Å². The van der Waals surface area contributed by atoms with Crippen LogP contribution in [-0.4, -0.2) is 26.8 Å². The molecule has 0 fully saturated rings. The Labute approximate surface area is 107 Å². The predicted octanol–water partition coefficient (Wildman–Crippen LogP) is 1.50. The molecule has 0 aliphatic heterocycles. The van der Waals surface area contributed by atoms with Crippen LogP contribution in [0.1, 0.15) is 30.0 Å². The molecule has 2 aromatic rings. The highest BCUT2D eigenvalue weighted by atomic mass is 15.3. The average molecular weight is 245 g/mol. The third-order valence-corrected chi connectivity index (χ3v) is 2.99. The molecule has 1 unspecified atom stereocenters. The highest BCUT2D eigenvalue weighted by molar-refractivity contribution is 5.14. The van der Waals surface area contributed by atoms with Crippen molar-refractivity contribution in [1.29, 1.82) is 0 Å². The molecule has 96 valence electrons. The third kappa shape index (κ3) is 2.73. The first-order valence-corrected chi connectivity index (χ1v) is 6.21. The number of likely N-dealkylation sites (N-methyl/N-ethyl adjacent to an activating group) is 1. The van der Waals surface area contributed by atoms with E-state index in [1.54, 1.807) is 18.6 Å². The maximum absolute atomic E-state index is 4.46. The van der Waals surface area contributed by atoms with Crippen molar-refractivity contribution in [3.8, 4) is 0 Å². The van der Waals surface area contributed by atoms with Gasteiger partial charge in [0, 0.05) is 37.3 Å². The average Bonchev–Trinajstić information content (AvgIpc) is 2.77. The van der Waals surface area contributed by atoms with Crippen LogP contribution in [0.5, 0.6) is 0 Å². The maximum atomic E-state index is 4.46. The number of hydrogen-bond acceptors (Lipinski definition) is 4. The van der Waals surface area contributed by atoms with E-state index in [9.17, 15) is 0 Å². The van der Waals surface area contributed by atoms with E-state index in [-0.39, 0.29) is 6.04 Å². The molecule has 0 aliphatic rings. The van der Waals surface area contributed by atoms with Crippen LogP contribution < -0.4 is 5.32 Å². The second-order valence-electron chi connectivity index (χ2n) is 4.27. The van der Waals surface area contributed by atoms with Gasteiger partial charge in [-0.1, -0.05) is 0 Å². The topological polar surface area (TPSA) is 55.6 Å². The fourth-order valence-electron chi connectivity index (χ4n) is 2.09. The molecule has 0 amide bonds. The molecule has 0 saturated carbocycles. The molecule has 0 spiro atoms. The van der Waals surface area contributed by atoms with Crippen molar-refractivity contribution in [3.05, 3.63) is 41.7 Å². The van der Waals surface area contributed by atoms with Crippen LogP contribution in [0.25, 0.3) is 0 Å². The number of aromatic nitrogens is 4. The summed E-state index contributed by atoms with van der Waals surface area (Å²) in [5, 5.41) is 7.75. The Bertz CT molecular complexity index is 491. The van der Waals surface area contributed by atoms with E-state index in [2.05, 4.69) is 33.4 Å². The van der Waals surface area contributed by atoms with Crippen LogP contribution in [0.4, 0.5) is 0 Å². The van der Waals surface area contributed by atoms with E-state index >= 15 is 0 Å². The summed E-state index contributed by atoms with van der Waals surface area (Å²) in [5.74, 6) is 0. The van der Waals surface area contributed by atoms with Gasteiger partial charge < -0.3 is 5.32 Å². The Morgan fingerprint density at radius 2 is 2.22 bits per heavy atom. The standard InChI is InChI=1S/C13H19N5/c1-4-18-11(7-10(2)17-18)8-12(14-3)13-9-15-5-6-16-13/h5-7,9,12,14H,4,8H2,1-3H3. The van der Waals surface area contributed by atoms with Gasteiger partial charge in [-0.05, 0) is 27.0 Å². The Morgan fingerprint density at radius 1 is 1.39 bits per heavy atom. The van der Waals surface area contributed by atoms with Crippen LogP contribution in [0.3, 0.4) is 0 Å². The lowest BCUT2D eigenvalue weighted by Gasteiger charge is -2.15. The van der Waals surface area contributed by atoms with E-state index in [0.29, 0.717) is 0 Å². The van der Waals surface area contributed by atoms with E-state index in [1.165, 1.54) is 5.69 Å². The monoisotopic (exact) mass is 245 g/mol. The Hall–Kier alpha value is -1.75. The van der Waals surface area contributed by atoms with Crippen LogP contribution in [-0.2, 0) is 13.0 Å². The molecular formula is C13H19N5. The zero-order valence-corrected chi connectivity index (χ0v) is 11.1. The smallest absolute Gasteiger partial charge is 0.0759 e. The zero-order valence-electron chi connectivity index (χ0n) is 11.1. The highest BCUT2D eigenvalue weighted by Crippen LogP contribution is 2.16. The van der Waals surface area contributed by atoms with Gasteiger partial charge in [0.05, 0.1) is 17.4 Å². The fraction of sp³-hybridized carbons (Fsp3) is 0.462. The molecule has 0 radical (unpaired) electrons. The summed E-state index contributed by atoms with van der Waals surface area (Å²) in [6, 6.07) is 2.30. The van der Waals surface area contributed by atoms with Crippen LogP contribution >= 0.6 is 0 Å². The lowest BCUT2D eigenvalue weighted by molar-refractivity contribution is 0.530. The number of hydrogen-bond donors (Lipinski definition) is 1. The van der Waals surface area contributed by atoms with Crippen molar-refractivity contribution >= 4 is 0 Å². The molecule has 0 bridgehead atoms. The molecule has 2 heterocycles. The Balaban J connectivity index is 2.20. The minimum Gasteiger partial charge on any atom is -0.311 e. The second-order valence-corrected chi connectivity index (χ2v) is 4.27.